The van der Waals surface area contributed by atoms with Crippen LogP contribution in [0.2, 0.25) is 0 Å². The van der Waals surface area contributed by atoms with Crippen LogP contribution in [0.4, 0.5) is 8.78 Å². The second kappa shape index (κ2) is 4.13. The third kappa shape index (κ3) is 2.08. The average Bonchev–Trinajstić information content (AvgIpc) is 2.18. The monoisotopic (exact) mass is 203 g/mol. The van der Waals surface area contributed by atoms with E-state index < -0.39 is 12.0 Å². The molecule has 1 aliphatic heterocycles. The van der Waals surface area contributed by atoms with Gasteiger partial charge in [0.2, 0.25) is 0 Å². The number of hydrogen-bond acceptors (Lipinski definition) is 1. The highest BCUT2D eigenvalue weighted by atomic mass is 19.3. The molecule has 3 heteroatoms. The lowest BCUT2D eigenvalue weighted by molar-refractivity contribution is -0.0829. The molecule has 1 unspecified atom stereocenters. The molecular formula is C11H19F2N. The Bertz CT molecular complexity index is 188. The van der Waals surface area contributed by atoms with E-state index in [0.29, 0.717) is 6.42 Å². The van der Waals surface area contributed by atoms with E-state index in [-0.39, 0.29) is 12.3 Å². The predicted octanol–water partition coefficient (Wildman–Crippen LogP) is 2.95. The summed E-state index contributed by atoms with van der Waals surface area (Å²) in [5.74, 6) is -2.24. The Hall–Kier alpha value is -0.180. The van der Waals surface area contributed by atoms with Gasteiger partial charge in [0.05, 0.1) is 6.04 Å². The molecule has 14 heavy (non-hydrogen) atoms. The van der Waals surface area contributed by atoms with Gasteiger partial charge in [0.15, 0.2) is 0 Å². The molecule has 0 aromatic carbocycles. The van der Waals surface area contributed by atoms with E-state index in [9.17, 15) is 8.78 Å². The minimum Gasteiger partial charge on any atom is -0.308 e. The van der Waals surface area contributed by atoms with Crippen molar-refractivity contribution in [3.8, 4) is 0 Å². The van der Waals surface area contributed by atoms with Crippen molar-refractivity contribution < 1.29 is 8.78 Å². The van der Waals surface area contributed by atoms with Crippen LogP contribution >= 0.6 is 0 Å². The number of halogens is 2. The summed E-state index contributed by atoms with van der Waals surface area (Å²) < 4.78 is 27.2. The van der Waals surface area contributed by atoms with Crippen molar-refractivity contribution in [2.24, 2.45) is 5.92 Å². The van der Waals surface area contributed by atoms with Gasteiger partial charge in [-0.3, -0.25) is 0 Å². The Morgan fingerprint density at radius 3 is 2.36 bits per heavy atom. The molecular weight excluding hydrogens is 184 g/mol. The summed E-state index contributed by atoms with van der Waals surface area (Å²) in [4.78, 5) is 0. The van der Waals surface area contributed by atoms with Gasteiger partial charge in [-0.1, -0.05) is 19.3 Å². The molecule has 0 radical (unpaired) electrons. The number of piperidine rings is 1. The van der Waals surface area contributed by atoms with Crippen LogP contribution in [0.3, 0.4) is 0 Å². The van der Waals surface area contributed by atoms with Crippen LogP contribution in [0.15, 0.2) is 0 Å². The lowest BCUT2D eigenvalue weighted by atomic mass is 9.79. The standard InChI is InChI=1S/C11H19F2N/c12-11(13)7-4-8-14-10(11)9-5-2-1-3-6-9/h9-10,14H,1-8H2. The zero-order valence-electron chi connectivity index (χ0n) is 8.57. The zero-order valence-corrected chi connectivity index (χ0v) is 8.57. The van der Waals surface area contributed by atoms with Crippen molar-refractivity contribution in [3.05, 3.63) is 0 Å². The van der Waals surface area contributed by atoms with Crippen LogP contribution in [0.25, 0.3) is 0 Å². The molecule has 1 nitrogen and oxygen atoms in total. The third-order valence-corrected chi connectivity index (χ3v) is 3.63. The lowest BCUT2D eigenvalue weighted by Gasteiger charge is -2.39. The molecule has 1 saturated carbocycles. The van der Waals surface area contributed by atoms with Gasteiger partial charge in [-0.2, -0.15) is 0 Å². The summed E-state index contributed by atoms with van der Waals surface area (Å²) in [6, 6.07) is -0.531. The Kier molecular flexibility index (Phi) is 3.05. The Labute approximate surface area is 84.3 Å². The average molecular weight is 203 g/mol. The van der Waals surface area contributed by atoms with E-state index in [1.54, 1.807) is 0 Å². The molecule has 2 rings (SSSR count). The van der Waals surface area contributed by atoms with Gasteiger partial charge in [-0.15, -0.1) is 0 Å². The van der Waals surface area contributed by atoms with Crippen LogP contribution in [0, 0.1) is 5.92 Å². The fourth-order valence-electron chi connectivity index (χ4n) is 2.87. The summed E-state index contributed by atoms with van der Waals surface area (Å²) in [7, 11) is 0. The largest absolute Gasteiger partial charge is 0.308 e. The van der Waals surface area contributed by atoms with Crippen LogP contribution in [-0.4, -0.2) is 18.5 Å². The SMILES string of the molecule is FC1(F)CCCNC1C1CCCCC1. The highest BCUT2D eigenvalue weighted by Crippen LogP contribution is 2.37. The van der Waals surface area contributed by atoms with Crippen molar-refractivity contribution in [2.75, 3.05) is 6.54 Å². The van der Waals surface area contributed by atoms with Crippen LogP contribution < -0.4 is 5.32 Å². The summed E-state index contributed by atoms with van der Waals surface area (Å²) in [5.41, 5.74) is 0. The van der Waals surface area contributed by atoms with Crippen molar-refractivity contribution >= 4 is 0 Å². The molecule has 1 heterocycles. The molecule has 2 aliphatic rings. The third-order valence-electron chi connectivity index (χ3n) is 3.63. The van der Waals surface area contributed by atoms with Gasteiger partial charge in [0, 0.05) is 6.42 Å². The first-order valence-corrected chi connectivity index (χ1v) is 5.81. The molecule has 1 aliphatic carbocycles. The van der Waals surface area contributed by atoms with E-state index in [4.69, 9.17) is 0 Å². The summed E-state index contributed by atoms with van der Waals surface area (Å²) in [5, 5.41) is 3.03. The Morgan fingerprint density at radius 1 is 1.00 bits per heavy atom. The molecule has 1 saturated heterocycles. The molecule has 0 aromatic heterocycles. The van der Waals surface area contributed by atoms with E-state index in [0.717, 1.165) is 32.2 Å². The highest BCUT2D eigenvalue weighted by molar-refractivity contribution is 4.93. The summed E-state index contributed by atoms with van der Waals surface area (Å²) >= 11 is 0. The fraction of sp³-hybridized carbons (Fsp3) is 1.00. The lowest BCUT2D eigenvalue weighted by Crippen LogP contribution is -2.54. The molecule has 2 fully saturated rings. The van der Waals surface area contributed by atoms with Crippen molar-refractivity contribution in [1.29, 1.82) is 0 Å². The van der Waals surface area contributed by atoms with E-state index in [2.05, 4.69) is 5.32 Å². The number of rotatable bonds is 1. The Morgan fingerprint density at radius 2 is 1.71 bits per heavy atom. The van der Waals surface area contributed by atoms with Gasteiger partial charge in [-0.05, 0) is 31.7 Å². The predicted molar refractivity (Wildman–Crippen MR) is 52.5 cm³/mol. The van der Waals surface area contributed by atoms with Gasteiger partial charge >= 0.3 is 0 Å². The molecule has 82 valence electrons. The van der Waals surface area contributed by atoms with Crippen LogP contribution in [0.1, 0.15) is 44.9 Å². The Balaban J connectivity index is 1.99. The molecule has 0 spiro atoms. The molecule has 0 aromatic rings. The molecule has 1 N–H and O–H groups in total. The number of nitrogens with one attached hydrogen (secondary N) is 1. The first-order chi connectivity index (χ1) is 6.70. The topological polar surface area (TPSA) is 12.0 Å². The smallest absolute Gasteiger partial charge is 0.263 e. The van der Waals surface area contributed by atoms with Crippen molar-refractivity contribution in [3.63, 3.8) is 0 Å². The van der Waals surface area contributed by atoms with Crippen LogP contribution in [-0.2, 0) is 0 Å². The van der Waals surface area contributed by atoms with Gasteiger partial charge in [0.25, 0.3) is 5.92 Å². The molecule has 0 bridgehead atoms. The summed E-state index contributed by atoms with van der Waals surface area (Å²) in [6.45, 7) is 0.775. The van der Waals surface area contributed by atoms with Crippen molar-refractivity contribution in [1.82, 2.24) is 5.32 Å². The van der Waals surface area contributed by atoms with Crippen LogP contribution in [0.5, 0.6) is 0 Å². The highest BCUT2D eigenvalue weighted by Gasteiger charge is 2.45. The van der Waals surface area contributed by atoms with E-state index in [1.807, 2.05) is 0 Å². The normalized spacial score (nSPS) is 34.3. The first-order valence-electron chi connectivity index (χ1n) is 5.81. The van der Waals surface area contributed by atoms with Gasteiger partial charge in [-0.25, -0.2) is 8.78 Å². The number of hydrogen-bond donors (Lipinski definition) is 1. The van der Waals surface area contributed by atoms with E-state index >= 15 is 0 Å². The first kappa shape index (κ1) is 10.3. The van der Waals surface area contributed by atoms with E-state index in [1.165, 1.54) is 6.42 Å². The maximum atomic E-state index is 13.6. The quantitative estimate of drug-likeness (QED) is 0.691. The maximum Gasteiger partial charge on any atom is 0.263 e. The second-order valence-corrected chi connectivity index (χ2v) is 4.69. The molecule has 1 atom stereocenters. The minimum atomic E-state index is -2.46. The van der Waals surface area contributed by atoms with Gasteiger partial charge in [0.1, 0.15) is 0 Å². The molecule has 0 amide bonds. The fourth-order valence-corrected chi connectivity index (χ4v) is 2.87. The van der Waals surface area contributed by atoms with Crippen molar-refractivity contribution in [2.45, 2.75) is 56.9 Å². The number of alkyl halides is 2. The maximum absolute atomic E-state index is 13.6. The minimum absolute atomic E-state index is 0.0845. The second-order valence-electron chi connectivity index (χ2n) is 4.69. The van der Waals surface area contributed by atoms with Gasteiger partial charge < -0.3 is 5.32 Å². The summed E-state index contributed by atoms with van der Waals surface area (Å²) in [6.07, 6.45) is 6.20. The zero-order chi connectivity index (χ0) is 10.0.